The second-order valence-electron chi connectivity index (χ2n) is 3.21. The van der Waals surface area contributed by atoms with E-state index < -0.39 is 0 Å². The van der Waals surface area contributed by atoms with E-state index in [1.807, 2.05) is 43.3 Å². The van der Waals surface area contributed by atoms with Crippen LogP contribution in [0.5, 0.6) is 0 Å². The van der Waals surface area contributed by atoms with Crippen molar-refractivity contribution in [3.05, 3.63) is 24.3 Å². The fraction of sp³-hybridized carbons (Fsp3) is 0.300. The molecule has 0 aromatic heterocycles. The minimum absolute atomic E-state index is 0.190. The Morgan fingerprint density at radius 3 is 1.93 bits per heavy atom. The van der Waals surface area contributed by atoms with Gasteiger partial charge in [0, 0.05) is 38.5 Å². The molecule has 1 amide bonds. The normalized spacial score (nSPS) is 9.71. The number of carbonyl (C=O) groups excluding carboxylic acids is 1. The maximum atomic E-state index is 10.9. The van der Waals surface area contributed by atoms with E-state index in [1.165, 1.54) is 6.92 Å². The number of benzene rings is 1. The molecule has 3 nitrogen and oxygen atoms in total. The van der Waals surface area contributed by atoms with Crippen LogP contribution in [0.4, 0.5) is 11.4 Å². The second-order valence-corrected chi connectivity index (χ2v) is 3.55. The molecule has 1 aromatic carbocycles. The van der Waals surface area contributed by atoms with Crippen LogP contribution in [0.15, 0.2) is 24.3 Å². The highest BCUT2D eigenvalue weighted by atomic mass is 35.5. The summed E-state index contributed by atoms with van der Waals surface area (Å²) in [7, 11) is 3.91. The van der Waals surface area contributed by atoms with E-state index in [9.17, 15) is 4.79 Å². The van der Waals surface area contributed by atoms with Crippen LogP contribution in [-0.2, 0) is 4.79 Å². The van der Waals surface area contributed by atoms with E-state index >= 15 is 0 Å². The van der Waals surface area contributed by atoms with Gasteiger partial charge in [-0.25, -0.2) is 4.42 Å². The number of halogens is 1. The van der Waals surface area contributed by atoms with Crippen LogP contribution < -0.4 is 9.32 Å². The molecule has 0 N–H and O–H groups in total. The molecular formula is C10H13ClN2O. The third-order valence-corrected chi connectivity index (χ3v) is 2.30. The van der Waals surface area contributed by atoms with Crippen molar-refractivity contribution in [1.82, 2.24) is 0 Å². The number of amides is 1. The van der Waals surface area contributed by atoms with Gasteiger partial charge in [0.2, 0.25) is 5.91 Å². The Labute approximate surface area is 89.0 Å². The monoisotopic (exact) mass is 212 g/mol. The second kappa shape index (κ2) is 4.33. The Balaban J connectivity index is 2.88. The van der Waals surface area contributed by atoms with E-state index in [-0.39, 0.29) is 5.91 Å². The third-order valence-electron chi connectivity index (χ3n) is 1.87. The highest BCUT2D eigenvalue weighted by molar-refractivity contribution is 6.36. The number of anilines is 2. The maximum Gasteiger partial charge on any atom is 0.238 e. The lowest BCUT2D eigenvalue weighted by atomic mass is 10.2. The van der Waals surface area contributed by atoms with Gasteiger partial charge in [-0.15, -0.1) is 0 Å². The lowest BCUT2D eigenvalue weighted by Gasteiger charge is -2.15. The Hall–Kier alpha value is -1.22. The van der Waals surface area contributed by atoms with E-state index in [4.69, 9.17) is 11.8 Å². The minimum Gasteiger partial charge on any atom is -0.378 e. The van der Waals surface area contributed by atoms with Crippen LogP contribution in [0.3, 0.4) is 0 Å². The molecule has 0 spiro atoms. The molecule has 0 aliphatic carbocycles. The molecule has 0 aliphatic heterocycles. The lowest BCUT2D eigenvalue weighted by Crippen LogP contribution is -2.16. The lowest BCUT2D eigenvalue weighted by molar-refractivity contribution is -0.115. The number of rotatable bonds is 2. The molecule has 1 aromatic rings. The first-order chi connectivity index (χ1) is 6.52. The summed E-state index contributed by atoms with van der Waals surface area (Å²) >= 11 is 5.74. The fourth-order valence-corrected chi connectivity index (χ4v) is 1.18. The average Bonchev–Trinajstić information content (AvgIpc) is 2.16. The number of nitrogens with zero attached hydrogens (tertiary/aromatic N) is 2. The standard InChI is InChI=1S/C10H13ClN2O/c1-8(14)13(11)10-6-4-9(5-7-10)12(2)3/h4-7H,1-3H3. The predicted octanol–water partition coefficient (Wildman–Crippen LogP) is 2.26. The predicted molar refractivity (Wildman–Crippen MR) is 59.8 cm³/mol. The highest BCUT2D eigenvalue weighted by Crippen LogP contribution is 2.20. The zero-order valence-electron chi connectivity index (χ0n) is 8.49. The Morgan fingerprint density at radius 2 is 1.57 bits per heavy atom. The molecule has 0 fully saturated rings. The maximum absolute atomic E-state index is 10.9. The first-order valence-corrected chi connectivity index (χ1v) is 4.60. The smallest absolute Gasteiger partial charge is 0.238 e. The van der Waals surface area contributed by atoms with Crippen LogP contribution in [-0.4, -0.2) is 20.0 Å². The van der Waals surface area contributed by atoms with Crippen molar-refractivity contribution < 1.29 is 4.79 Å². The Bertz CT molecular complexity index is 321. The molecule has 0 saturated heterocycles. The van der Waals surface area contributed by atoms with Gasteiger partial charge in [0.1, 0.15) is 0 Å². The van der Waals surface area contributed by atoms with Crippen molar-refractivity contribution >= 4 is 29.1 Å². The van der Waals surface area contributed by atoms with E-state index in [1.54, 1.807) is 0 Å². The van der Waals surface area contributed by atoms with E-state index in [0.717, 1.165) is 10.1 Å². The molecular weight excluding hydrogens is 200 g/mol. The summed E-state index contributed by atoms with van der Waals surface area (Å²) in [5.41, 5.74) is 1.76. The largest absolute Gasteiger partial charge is 0.378 e. The van der Waals surface area contributed by atoms with Crippen LogP contribution in [0.25, 0.3) is 0 Å². The summed E-state index contributed by atoms with van der Waals surface area (Å²) in [6, 6.07) is 7.44. The quantitative estimate of drug-likeness (QED) is 0.703. The molecule has 0 heterocycles. The summed E-state index contributed by atoms with van der Waals surface area (Å²) in [5.74, 6) is -0.190. The van der Waals surface area contributed by atoms with Gasteiger partial charge in [-0.3, -0.25) is 4.79 Å². The van der Waals surface area contributed by atoms with Crippen LogP contribution in [0.2, 0.25) is 0 Å². The topological polar surface area (TPSA) is 23.6 Å². The van der Waals surface area contributed by atoms with Gasteiger partial charge in [0.15, 0.2) is 0 Å². The molecule has 0 bridgehead atoms. The molecule has 4 heteroatoms. The summed E-state index contributed by atoms with van der Waals surface area (Å²) in [6.07, 6.45) is 0. The number of hydrogen-bond acceptors (Lipinski definition) is 2. The van der Waals surface area contributed by atoms with Crippen molar-refractivity contribution in [1.29, 1.82) is 0 Å². The fourth-order valence-electron chi connectivity index (χ4n) is 1.06. The molecule has 76 valence electrons. The van der Waals surface area contributed by atoms with Crippen LogP contribution in [0.1, 0.15) is 6.92 Å². The molecule has 0 unspecified atom stereocenters. The SMILES string of the molecule is CC(=O)N(Cl)c1ccc(N(C)C)cc1. The van der Waals surface area contributed by atoms with Crippen molar-refractivity contribution in [2.45, 2.75) is 6.92 Å². The number of hydrogen-bond donors (Lipinski definition) is 0. The molecule has 0 atom stereocenters. The summed E-state index contributed by atoms with van der Waals surface area (Å²) in [5, 5.41) is 0. The molecule has 0 saturated carbocycles. The summed E-state index contributed by atoms with van der Waals surface area (Å²) in [4.78, 5) is 12.9. The van der Waals surface area contributed by atoms with Crippen molar-refractivity contribution in [2.24, 2.45) is 0 Å². The Kier molecular flexibility index (Phi) is 3.36. The zero-order chi connectivity index (χ0) is 10.7. The highest BCUT2D eigenvalue weighted by Gasteiger charge is 2.07. The van der Waals surface area contributed by atoms with Gasteiger partial charge in [0.05, 0.1) is 5.69 Å². The van der Waals surface area contributed by atoms with E-state index in [2.05, 4.69) is 0 Å². The zero-order valence-corrected chi connectivity index (χ0v) is 9.25. The third kappa shape index (κ3) is 2.39. The molecule has 1 rings (SSSR count). The summed E-state index contributed by atoms with van der Waals surface area (Å²) < 4.78 is 1.10. The van der Waals surface area contributed by atoms with Crippen molar-refractivity contribution in [2.75, 3.05) is 23.4 Å². The van der Waals surface area contributed by atoms with Crippen LogP contribution in [0, 0.1) is 0 Å². The van der Waals surface area contributed by atoms with Gasteiger partial charge in [-0.05, 0) is 24.3 Å². The average molecular weight is 213 g/mol. The van der Waals surface area contributed by atoms with Gasteiger partial charge < -0.3 is 4.90 Å². The van der Waals surface area contributed by atoms with Gasteiger partial charge in [-0.2, -0.15) is 0 Å². The molecule has 0 aliphatic rings. The minimum atomic E-state index is -0.190. The van der Waals surface area contributed by atoms with Gasteiger partial charge in [0.25, 0.3) is 0 Å². The van der Waals surface area contributed by atoms with Gasteiger partial charge in [-0.1, -0.05) is 0 Å². The first-order valence-electron chi connectivity index (χ1n) is 4.26. The van der Waals surface area contributed by atoms with Gasteiger partial charge >= 0.3 is 0 Å². The van der Waals surface area contributed by atoms with Crippen molar-refractivity contribution in [3.8, 4) is 0 Å². The van der Waals surface area contributed by atoms with E-state index in [0.29, 0.717) is 5.69 Å². The first kappa shape index (κ1) is 10.9. The number of carbonyl (C=O) groups is 1. The van der Waals surface area contributed by atoms with Crippen LogP contribution >= 0.6 is 11.8 Å². The molecule has 0 radical (unpaired) electrons. The molecule has 14 heavy (non-hydrogen) atoms. The Morgan fingerprint density at radius 1 is 1.14 bits per heavy atom. The van der Waals surface area contributed by atoms with Crippen molar-refractivity contribution in [3.63, 3.8) is 0 Å². The summed E-state index contributed by atoms with van der Waals surface area (Å²) in [6.45, 7) is 1.42.